The second-order valence-electron chi connectivity index (χ2n) is 6.12. The van der Waals surface area contributed by atoms with Crippen molar-refractivity contribution in [2.24, 2.45) is 0 Å². The molecule has 126 valence electrons. The van der Waals surface area contributed by atoms with E-state index in [4.69, 9.17) is 0 Å². The highest BCUT2D eigenvalue weighted by atomic mass is 16.4. The van der Waals surface area contributed by atoms with Gasteiger partial charge in [0.25, 0.3) is 5.91 Å². The van der Waals surface area contributed by atoms with Crippen molar-refractivity contribution in [3.05, 3.63) is 65.0 Å². The van der Waals surface area contributed by atoms with Gasteiger partial charge in [-0.15, -0.1) is 5.10 Å². The Kier molecular flexibility index (Phi) is 3.68. The predicted octanol–water partition coefficient (Wildman–Crippen LogP) is 2.23. The zero-order chi connectivity index (χ0) is 17.4. The minimum Gasteiger partial charge on any atom is -0.478 e. The van der Waals surface area contributed by atoms with E-state index in [2.05, 4.69) is 15.6 Å². The van der Waals surface area contributed by atoms with Gasteiger partial charge < -0.3 is 10.4 Å². The highest BCUT2D eigenvalue weighted by Gasteiger charge is 2.25. The Morgan fingerprint density at radius 2 is 2.12 bits per heavy atom. The molecule has 0 fully saturated rings. The van der Waals surface area contributed by atoms with Crippen LogP contribution in [0, 0.1) is 0 Å². The highest BCUT2D eigenvalue weighted by Crippen LogP contribution is 2.32. The topological polar surface area (TPSA) is 96.6 Å². The number of hydrogen-bond donors (Lipinski definition) is 2. The molecular formula is C18H16N4O3. The number of carbonyl (C=O) groups excluding carboxylic acids is 1. The zero-order valence-corrected chi connectivity index (χ0v) is 13.3. The van der Waals surface area contributed by atoms with Gasteiger partial charge in [0.05, 0.1) is 28.9 Å². The molecule has 0 saturated carbocycles. The highest BCUT2D eigenvalue weighted by molar-refractivity contribution is 5.95. The summed E-state index contributed by atoms with van der Waals surface area (Å²) in [4.78, 5) is 24.0. The number of fused-ring (bicyclic) bond motifs is 2. The molecule has 25 heavy (non-hydrogen) atoms. The van der Waals surface area contributed by atoms with Crippen molar-refractivity contribution in [2.45, 2.75) is 25.3 Å². The maximum Gasteiger partial charge on any atom is 0.335 e. The third kappa shape index (κ3) is 2.73. The molecule has 0 radical (unpaired) electrons. The summed E-state index contributed by atoms with van der Waals surface area (Å²) in [7, 11) is 0. The summed E-state index contributed by atoms with van der Waals surface area (Å²) in [6.07, 6.45) is 5.59. The van der Waals surface area contributed by atoms with Gasteiger partial charge in [0.15, 0.2) is 0 Å². The van der Waals surface area contributed by atoms with E-state index in [-0.39, 0.29) is 11.9 Å². The van der Waals surface area contributed by atoms with E-state index in [0.29, 0.717) is 11.1 Å². The number of benzene rings is 1. The first-order valence-electron chi connectivity index (χ1n) is 8.09. The van der Waals surface area contributed by atoms with Gasteiger partial charge in [-0.05, 0) is 48.6 Å². The molecule has 0 saturated heterocycles. The molecule has 0 bridgehead atoms. The van der Waals surface area contributed by atoms with E-state index in [1.807, 2.05) is 6.07 Å². The SMILES string of the molecule is O=C(NC1CCCc2c(C(=O)O)cccc21)c1ccc2cnnn2c1. The van der Waals surface area contributed by atoms with Crippen LogP contribution in [0.25, 0.3) is 5.52 Å². The number of rotatable bonds is 3. The summed E-state index contributed by atoms with van der Waals surface area (Å²) < 4.78 is 1.55. The second kappa shape index (κ2) is 6.01. The minimum absolute atomic E-state index is 0.193. The molecule has 1 unspecified atom stereocenters. The van der Waals surface area contributed by atoms with Crippen molar-refractivity contribution >= 4 is 17.4 Å². The number of amides is 1. The summed E-state index contributed by atoms with van der Waals surface area (Å²) >= 11 is 0. The van der Waals surface area contributed by atoms with Crippen molar-refractivity contribution < 1.29 is 14.7 Å². The molecule has 0 aliphatic heterocycles. The van der Waals surface area contributed by atoms with Crippen LogP contribution in [0.3, 0.4) is 0 Å². The maximum atomic E-state index is 12.6. The van der Waals surface area contributed by atoms with Crippen molar-refractivity contribution in [2.75, 3.05) is 0 Å². The molecule has 2 heterocycles. The molecule has 1 atom stereocenters. The summed E-state index contributed by atoms with van der Waals surface area (Å²) in [6.45, 7) is 0. The summed E-state index contributed by atoms with van der Waals surface area (Å²) in [6, 6.07) is 8.56. The van der Waals surface area contributed by atoms with Gasteiger partial charge in [0, 0.05) is 6.20 Å². The fraction of sp³-hybridized carbons (Fsp3) is 0.222. The maximum absolute atomic E-state index is 12.6. The molecule has 7 nitrogen and oxygen atoms in total. The lowest BCUT2D eigenvalue weighted by Crippen LogP contribution is -2.31. The Hall–Kier alpha value is -3.22. The lowest BCUT2D eigenvalue weighted by Gasteiger charge is -2.27. The van der Waals surface area contributed by atoms with Crippen LogP contribution in [0.2, 0.25) is 0 Å². The molecule has 1 aliphatic carbocycles. The van der Waals surface area contributed by atoms with Crippen LogP contribution in [-0.4, -0.2) is 31.8 Å². The summed E-state index contributed by atoms with van der Waals surface area (Å²) in [5.74, 6) is -1.14. The zero-order valence-electron chi connectivity index (χ0n) is 13.3. The van der Waals surface area contributed by atoms with E-state index in [0.717, 1.165) is 35.9 Å². The molecule has 4 rings (SSSR count). The van der Waals surface area contributed by atoms with E-state index in [1.54, 1.807) is 41.2 Å². The van der Waals surface area contributed by atoms with Gasteiger partial charge in [-0.2, -0.15) is 0 Å². The van der Waals surface area contributed by atoms with Crippen LogP contribution in [0.15, 0.2) is 42.7 Å². The number of aromatic carboxylic acids is 1. The molecule has 0 spiro atoms. The quantitative estimate of drug-likeness (QED) is 0.764. The second-order valence-corrected chi connectivity index (χ2v) is 6.12. The number of carboxylic acids is 1. The number of aromatic nitrogens is 3. The van der Waals surface area contributed by atoms with E-state index >= 15 is 0 Å². The van der Waals surface area contributed by atoms with Crippen molar-refractivity contribution in [3.8, 4) is 0 Å². The smallest absolute Gasteiger partial charge is 0.335 e. The molecule has 3 aromatic rings. The molecule has 1 aromatic carbocycles. The Morgan fingerprint density at radius 3 is 2.96 bits per heavy atom. The number of nitrogens with one attached hydrogen (secondary N) is 1. The van der Waals surface area contributed by atoms with Crippen LogP contribution in [0.5, 0.6) is 0 Å². The van der Waals surface area contributed by atoms with E-state index in [9.17, 15) is 14.7 Å². The fourth-order valence-electron chi connectivity index (χ4n) is 3.40. The molecule has 2 aromatic heterocycles. The lowest BCUT2D eigenvalue weighted by molar-refractivity contribution is 0.0695. The average Bonchev–Trinajstić information content (AvgIpc) is 3.09. The molecular weight excluding hydrogens is 320 g/mol. The summed E-state index contributed by atoms with van der Waals surface area (Å²) in [5.41, 5.74) is 3.32. The Labute approximate surface area is 143 Å². The van der Waals surface area contributed by atoms with Crippen LogP contribution >= 0.6 is 0 Å². The van der Waals surface area contributed by atoms with Crippen molar-refractivity contribution in [1.29, 1.82) is 0 Å². The number of nitrogens with zero attached hydrogens (tertiary/aromatic N) is 3. The third-order valence-corrected chi connectivity index (χ3v) is 4.60. The van der Waals surface area contributed by atoms with Crippen LogP contribution in [0.4, 0.5) is 0 Å². The molecule has 7 heteroatoms. The van der Waals surface area contributed by atoms with Gasteiger partial charge in [-0.3, -0.25) is 4.79 Å². The number of pyridine rings is 1. The first-order chi connectivity index (χ1) is 12.1. The van der Waals surface area contributed by atoms with E-state index < -0.39 is 5.97 Å². The first kappa shape index (κ1) is 15.3. The first-order valence-corrected chi connectivity index (χ1v) is 8.09. The van der Waals surface area contributed by atoms with Crippen LogP contribution < -0.4 is 5.32 Å². The molecule has 2 N–H and O–H groups in total. The van der Waals surface area contributed by atoms with Crippen molar-refractivity contribution in [1.82, 2.24) is 20.1 Å². The minimum atomic E-state index is -0.930. The molecule has 1 amide bonds. The van der Waals surface area contributed by atoms with E-state index in [1.165, 1.54) is 0 Å². The number of carbonyl (C=O) groups is 2. The molecule has 1 aliphatic rings. The summed E-state index contributed by atoms with van der Waals surface area (Å²) in [5, 5.41) is 20.1. The van der Waals surface area contributed by atoms with Gasteiger partial charge in [0.1, 0.15) is 0 Å². The van der Waals surface area contributed by atoms with Crippen LogP contribution in [0.1, 0.15) is 50.7 Å². The Morgan fingerprint density at radius 1 is 1.24 bits per heavy atom. The van der Waals surface area contributed by atoms with Crippen molar-refractivity contribution in [3.63, 3.8) is 0 Å². The lowest BCUT2D eigenvalue weighted by atomic mass is 9.84. The monoisotopic (exact) mass is 336 g/mol. The van der Waals surface area contributed by atoms with Gasteiger partial charge in [-0.25, -0.2) is 9.31 Å². The Balaban J connectivity index is 1.62. The average molecular weight is 336 g/mol. The Bertz CT molecular complexity index is 979. The van der Waals surface area contributed by atoms with Gasteiger partial charge >= 0.3 is 5.97 Å². The largest absolute Gasteiger partial charge is 0.478 e. The standard InChI is InChI=1S/C18H16N4O3/c23-17(11-7-8-12-9-19-21-22(12)10-11)20-16-6-2-3-13-14(16)4-1-5-15(13)18(24)25/h1,4-5,7-10,16H,2-3,6H2,(H,20,23)(H,24,25). The normalized spacial score (nSPS) is 16.4. The van der Waals surface area contributed by atoms with Gasteiger partial charge in [0.2, 0.25) is 0 Å². The predicted molar refractivity (Wildman–Crippen MR) is 89.5 cm³/mol. The van der Waals surface area contributed by atoms with Crippen LogP contribution in [-0.2, 0) is 6.42 Å². The third-order valence-electron chi connectivity index (χ3n) is 4.60. The van der Waals surface area contributed by atoms with Gasteiger partial charge in [-0.1, -0.05) is 17.3 Å². The number of carboxylic acid groups (broad SMARTS) is 1. The fourth-order valence-corrected chi connectivity index (χ4v) is 3.40. The number of hydrogen-bond acceptors (Lipinski definition) is 4.